The highest BCUT2D eigenvalue weighted by Crippen LogP contribution is 2.44. The van der Waals surface area contributed by atoms with Gasteiger partial charge in [0.1, 0.15) is 16.9 Å². The van der Waals surface area contributed by atoms with Crippen LogP contribution in [0.25, 0.3) is 0 Å². The highest BCUT2D eigenvalue weighted by Gasteiger charge is 2.36. The van der Waals surface area contributed by atoms with Gasteiger partial charge in [-0.05, 0) is 31.0 Å². The van der Waals surface area contributed by atoms with Crippen molar-refractivity contribution in [3.05, 3.63) is 23.8 Å². The molecule has 1 heterocycles. The fourth-order valence-corrected chi connectivity index (χ4v) is 4.67. The zero-order valence-corrected chi connectivity index (χ0v) is 14.0. The predicted octanol–water partition coefficient (Wildman–Crippen LogP) is 3.47. The maximum atomic E-state index is 12.8. The molecule has 0 aromatic heterocycles. The van der Waals surface area contributed by atoms with Gasteiger partial charge in [0.25, 0.3) is 0 Å². The highest BCUT2D eigenvalue weighted by molar-refractivity contribution is 7.99. The fraction of sp³-hybridized carbons (Fsp3) is 0.588. The standard InChI is InChI=1S/C17H23NO3S/c1-20-13-7-8-15(21-2)14(11-13)17-18(9-10-22-17)16(19)12-5-3-4-6-12/h7-8,11-12,17H,3-6,9-10H2,1-2H3. The Morgan fingerprint density at radius 2 is 2.00 bits per heavy atom. The van der Waals surface area contributed by atoms with E-state index in [0.29, 0.717) is 5.91 Å². The molecule has 1 aromatic rings. The van der Waals surface area contributed by atoms with E-state index in [0.717, 1.165) is 42.2 Å². The molecule has 0 radical (unpaired) electrons. The number of hydrogen-bond donors (Lipinski definition) is 0. The number of carbonyl (C=O) groups is 1. The van der Waals surface area contributed by atoms with Crippen LogP contribution in [-0.2, 0) is 4.79 Å². The number of methoxy groups -OCH3 is 2. The van der Waals surface area contributed by atoms with Crippen molar-refractivity contribution in [1.29, 1.82) is 0 Å². The molecule has 1 amide bonds. The van der Waals surface area contributed by atoms with Crippen LogP contribution in [0.4, 0.5) is 0 Å². The van der Waals surface area contributed by atoms with Crippen LogP contribution in [0.15, 0.2) is 18.2 Å². The Kier molecular flexibility index (Phi) is 4.81. The van der Waals surface area contributed by atoms with E-state index in [1.165, 1.54) is 12.8 Å². The molecule has 1 aliphatic heterocycles. The zero-order valence-electron chi connectivity index (χ0n) is 13.2. The number of nitrogens with zero attached hydrogens (tertiary/aromatic N) is 1. The van der Waals surface area contributed by atoms with E-state index in [1.54, 1.807) is 14.2 Å². The zero-order chi connectivity index (χ0) is 15.5. The van der Waals surface area contributed by atoms with E-state index in [2.05, 4.69) is 0 Å². The topological polar surface area (TPSA) is 38.8 Å². The van der Waals surface area contributed by atoms with Gasteiger partial charge in [-0.2, -0.15) is 0 Å². The molecule has 0 spiro atoms. The monoisotopic (exact) mass is 321 g/mol. The smallest absolute Gasteiger partial charge is 0.226 e. The van der Waals surface area contributed by atoms with Gasteiger partial charge >= 0.3 is 0 Å². The minimum absolute atomic E-state index is 0.0400. The van der Waals surface area contributed by atoms with Crippen LogP contribution in [0.1, 0.15) is 36.6 Å². The second-order valence-electron chi connectivity index (χ2n) is 5.84. The van der Waals surface area contributed by atoms with Gasteiger partial charge in [0.15, 0.2) is 0 Å². The fourth-order valence-electron chi connectivity index (χ4n) is 3.39. The summed E-state index contributed by atoms with van der Waals surface area (Å²) in [5.74, 6) is 3.14. The van der Waals surface area contributed by atoms with E-state index >= 15 is 0 Å². The van der Waals surface area contributed by atoms with Crippen LogP contribution in [0.2, 0.25) is 0 Å². The van der Waals surface area contributed by atoms with Crippen molar-refractivity contribution in [3.8, 4) is 11.5 Å². The Balaban J connectivity index is 1.87. The van der Waals surface area contributed by atoms with Gasteiger partial charge in [0.05, 0.1) is 14.2 Å². The molecule has 1 unspecified atom stereocenters. The van der Waals surface area contributed by atoms with Crippen molar-refractivity contribution in [2.45, 2.75) is 31.1 Å². The third-order valence-corrected chi connectivity index (χ3v) is 5.82. The number of rotatable bonds is 4. The van der Waals surface area contributed by atoms with Gasteiger partial charge in [-0.15, -0.1) is 11.8 Å². The summed E-state index contributed by atoms with van der Waals surface area (Å²) < 4.78 is 10.8. The maximum Gasteiger partial charge on any atom is 0.226 e. The Bertz CT molecular complexity index is 543. The van der Waals surface area contributed by atoms with Gasteiger partial charge in [-0.1, -0.05) is 12.8 Å². The first-order chi connectivity index (χ1) is 10.7. The van der Waals surface area contributed by atoms with Gasteiger partial charge in [-0.25, -0.2) is 0 Å². The SMILES string of the molecule is COc1ccc(OC)c(C2SCCN2C(=O)C2CCCC2)c1. The minimum Gasteiger partial charge on any atom is -0.497 e. The van der Waals surface area contributed by atoms with Crippen LogP contribution >= 0.6 is 11.8 Å². The summed E-state index contributed by atoms with van der Waals surface area (Å²) in [5.41, 5.74) is 1.04. The van der Waals surface area contributed by atoms with Gasteiger partial charge < -0.3 is 14.4 Å². The van der Waals surface area contributed by atoms with Crippen LogP contribution < -0.4 is 9.47 Å². The molecule has 120 valence electrons. The van der Waals surface area contributed by atoms with Crippen LogP contribution in [0.5, 0.6) is 11.5 Å². The van der Waals surface area contributed by atoms with Crippen molar-refractivity contribution < 1.29 is 14.3 Å². The van der Waals surface area contributed by atoms with Crippen molar-refractivity contribution >= 4 is 17.7 Å². The Hall–Kier alpha value is -1.36. The van der Waals surface area contributed by atoms with Crippen molar-refractivity contribution in [2.24, 2.45) is 5.92 Å². The molecular formula is C17H23NO3S. The van der Waals surface area contributed by atoms with Crippen LogP contribution in [0, 0.1) is 5.92 Å². The average molecular weight is 321 g/mol. The van der Waals surface area contributed by atoms with Gasteiger partial charge in [0.2, 0.25) is 5.91 Å². The minimum atomic E-state index is 0.0400. The lowest BCUT2D eigenvalue weighted by Crippen LogP contribution is -2.34. The third kappa shape index (κ3) is 2.91. The summed E-state index contributed by atoms with van der Waals surface area (Å²) in [4.78, 5) is 14.9. The third-order valence-electron chi connectivity index (χ3n) is 4.58. The summed E-state index contributed by atoms with van der Waals surface area (Å²) in [6, 6.07) is 5.81. The van der Waals surface area contributed by atoms with Gasteiger partial charge in [0, 0.05) is 23.8 Å². The molecule has 0 N–H and O–H groups in total. The van der Waals surface area contributed by atoms with E-state index in [4.69, 9.17) is 9.47 Å². The molecule has 0 bridgehead atoms. The maximum absolute atomic E-state index is 12.8. The summed E-state index contributed by atoms with van der Waals surface area (Å²) >= 11 is 1.81. The Labute approximate surface area is 136 Å². The quantitative estimate of drug-likeness (QED) is 0.851. The van der Waals surface area contributed by atoms with E-state index in [9.17, 15) is 4.79 Å². The second-order valence-corrected chi connectivity index (χ2v) is 7.03. The number of carbonyl (C=O) groups excluding carboxylic acids is 1. The van der Waals surface area contributed by atoms with Crippen LogP contribution in [0.3, 0.4) is 0 Å². The molecule has 22 heavy (non-hydrogen) atoms. The van der Waals surface area contributed by atoms with Crippen molar-refractivity contribution in [3.63, 3.8) is 0 Å². The van der Waals surface area contributed by atoms with Crippen molar-refractivity contribution in [1.82, 2.24) is 4.90 Å². The lowest BCUT2D eigenvalue weighted by Gasteiger charge is -2.28. The number of ether oxygens (including phenoxy) is 2. The molecule has 1 saturated carbocycles. The first-order valence-electron chi connectivity index (χ1n) is 7.88. The molecule has 3 rings (SSSR count). The second kappa shape index (κ2) is 6.82. The largest absolute Gasteiger partial charge is 0.497 e. The molecule has 2 aliphatic rings. The molecule has 5 heteroatoms. The van der Waals surface area contributed by atoms with E-state index < -0.39 is 0 Å². The molecule has 1 saturated heterocycles. The number of thioether (sulfide) groups is 1. The lowest BCUT2D eigenvalue weighted by molar-refractivity contribution is -0.135. The summed E-state index contributed by atoms with van der Waals surface area (Å²) in [6.07, 6.45) is 4.46. The van der Waals surface area contributed by atoms with Gasteiger partial charge in [-0.3, -0.25) is 4.79 Å². The normalized spacial score (nSPS) is 22.1. The Morgan fingerprint density at radius 1 is 1.23 bits per heavy atom. The average Bonchev–Trinajstić information content (AvgIpc) is 3.24. The number of hydrogen-bond acceptors (Lipinski definition) is 4. The molecule has 2 fully saturated rings. The first-order valence-corrected chi connectivity index (χ1v) is 8.93. The molecule has 1 aliphatic carbocycles. The number of amides is 1. The molecule has 1 aromatic carbocycles. The van der Waals surface area contributed by atoms with E-state index in [-0.39, 0.29) is 11.3 Å². The Morgan fingerprint density at radius 3 is 2.68 bits per heavy atom. The number of benzene rings is 1. The molecule has 4 nitrogen and oxygen atoms in total. The summed E-state index contributed by atoms with van der Waals surface area (Å²) in [6.45, 7) is 0.824. The predicted molar refractivity (Wildman–Crippen MR) is 88.4 cm³/mol. The van der Waals surface area contributed by atoms with Crippen molar-refractivity contribution in [2.75, 3.05) is 26.5 Å². The lowest BCUT2D eigenvalue weighted by atomic mass is 10.1. The summed E-state index contributed by atoms with van der Waals surface area (Å²) in [7, 11) is 3.34. The van der Waals surface area contributed by atoms with Crippen LogP contribution in [-0.4, -0.2) is 37.3 Å². The molecular weight excluding hydrogens is 298 g/mol. The first kappa shape index (κ1) is 15.5. The van der Waals surface area contributed by atoms with E-state index in [1.807, 2.05) is 34.9 Å². The molecule has 1 atom stereocenters. The summed E-state index contributed by atoms with van der Waals surface area (Å²) in [5, 5.41) is 0.0400. The highest BCUT2D eigenvalue weighted by atomic mass is 32.2.